The molecule has 0 heterocycles. The fourth-order valence-electron chi connectivity index (χ4n) is 7.64. The Morgan fingerprint density at radius 2 is 0.812 bits per heavy atom. The summed E-state index contributed by atoms with van der Waals surface area (Å²) in [4.78, 5) is 69.8. The number of carboxylic acid groups (broad SMARTS) is 1. The number of halogens is 1. The van der Waals surface area contributed by atoms with E-state index in [0.29, 0.717) is 53.2 Å². The topological polar surface area (TPSA) is 180 Å². The first kappa shape index (κ1) is 61.5. The van der Waals surface area contributed by atoms with Crippen molar-refractivity contribution in [3.05, 3.63) is 267 Å². The maximum atomic E-state index is 11.9. The molecule has 12 nitrogen and oxygen atoms in total. The van der Waals surface area contributed by atoms with E-state index < -0.39 is 11.9 Å². The van der Waals surface area contributed by atoms with Gasteiger partial charge in [-0.2, -0.15) is 0 Å². The Labute approximate surface area is 473 Å². The van der Waals surface area contributed by atoms with Crippen LogP contribution in [0.15, 0.2) is 206 Å². The molecule has 13 heteroatoms. The molecular weight excluding hydrogens is 1020 g/mol. The average Bonchev–Trinajstić information content (AvgIpc) is 3.46. The Balaban J connectivity index is 0.000000197. The van der Waals surface area contributed by atoms with Crippen LogP contribution < -0.4 is 21.3 Å². The van der Waals surface area contributed by atoms with Gasteiger partial charge in [-0.3, -0.25) is 19.2 Å². The van der Waals surface area contributed by atoms with Gasteiger partial charge in [0.2, 0.25) is 23.6 Å². The molecule has 0 fully saturated rings. The zero-order valence-corrected chi connectivity index (χ0v) is 46.4. The molecule has 4 amide bonds. The summed E-state index contributed by atoms with van der Waals surface area (Å²) in [6.45, 7) is 7.55. The van der Waals surface area contributed by atoms with Crippen molar-refractivity contribution in [1.29, 1.82) is 0 Å². The van der Waals surface area contributed by atoms with Crippen molar-refractivity contribution >= 4 is 76.0 Å². The Morgan fingerprint density at radius 3 is 1.19 bits per heavy atom. The summed E-state index contributed by atoms with van der Waals surface area (Å²) < 4.78 is 4.69. The predicted octanol–water partition coefficient (Wildman–Crippen LogP) is 14.5. The van der Waals surface area contributed by atoms with Gasteiger partial charge in [0.25, 0.3) is 0 Å². The van der Waals surface area contributed by atoms with E-state index in [4.69, 9.17) is 16.7 Å². The first-order valence-corrected chi connectivity index (χ1v) is 26.3. The number of carbonyl (C=O) groups excluding carboxylic acids is 5. The number of methoxy groups -OCH3 is 1. The smallest absolute Gasteiger partial charge is 0.338 e. The van der Waals surface area contributed by atoms with E-state index in [9.17, 15) is 28.8 Å². The second kappa shape index (κ2) is 33.0. The van der Waals surface area contributed by atoms with Crippen LogP contribution in [0, 0.1) is 27.7 Å². The molecule has 0 aliphatic heterocycles. The van der Waals surface area contributed by atoms with Crippen LogP contribution in [-0.4, -0.2) is 47.8 Å². The number of aromatic carboxylic acids is 1. The lowest BCUT2D eigenvalue weighted by atomic mass is 10.1. The Bertz CT molecular complexity index is 3200. The van der Waals surface area contributed by atoms with Crippen molar-refractivity contribution in [2.45, 2.75) is 66.2 Å². The zero-order valence-electron chi connectivity index (χ0n) is 45.6. The number of amides is 4. The highest BCUT2D eigenvalue weighted by Crippen LogP contribution is 2.19. The van der Waals surface area contributed by atoms with Crippen molar-refractivity contribution in [2.75, 3.05) is 28.4 Å². The Morgan fingerprint density at radius 1 is 0.450 bits per heavy atom. The number of carbonyl (C=O) groups is 6. The lowest BCUT2D eigenvalue weighted by Gasteiger charge is -2.08. The minimum absolute atomic E-state index is 0.0581. The van der Waals surface area contributed by atoms with Crippen LogP contribution >= 0.6 is 11.6 Å². The van der Waals surface area contributed by atoms with Crippen LogP contribution in [0.25, 0.3) is 6.08 Å². The molecule has 0 aromatic heterocycles. The van der Waals surface area contributed by atoms with Crippen molar-refractivity contribution < 1.29 is 38.6 Å². The van der Waals surface area contributed by atoms with Gasteiger partial charge in [0.05, 0.1) is 18.2 Å². The molecule has 0 spiro atoms. The maximum Gasteiger partial charge on any atom is 0.338 e. The highest BCUT2D eigenvalue weighted by atomic mass is 35.5. The molecule has 0 atom stereocenters. The first-order chi connectivity index (χ1) is 38.5. The van der Waals surface area contributed by atoms with E-state index in [1.807, 2.05) is 166 Å². The van der Waals surface area contributed by atoms with Crippen LogP contribution in [0.5, 0.6) is 0 Å². The normalized spacial score (nSPS) is 10.2. The molecule has 8 aromatic rings. The van der Waals surface area contributed by atoms with E-state index in [1.165, 1.54) is 41.5 Å². The number of benzene rings is 8. The second-order valence-electron chi connectivity index (χ2n) is 18.6. The number of aryl methyl sites for hydroxylation is 7. The quantitative estimate of drug-likeness (QED) is 0.0441. The van der Waals surface area contributed by atoms with Gasteiger partial charge in [-0.05, 0) is 159 Å². The predicted molar refractivity (Wildman–Crippen MR) is 322 cm³/mol. The van der Waals surface area contributed by atoms with Crippen molar-refractivity contribution in [3.8, 4) is 0 Å². The van der Waals surface area contributed by atoms with Crippen LogP contribution in [0.3, 0.4) is 0 Å². The number of carboxylic acids is 1. The summed E-state index contributed by atoms with van der Waals surface area (Å²) >= 11 is 5.81. The third kappa shape index (κ3) is 23.1. The van der Waals surface area contributed by atoms with Gasteiger partial charge in [0.15, 0.2) is 0 Å². The fourth-order valence-corrected chi connectivity index (χ4v) is 7.77. The molecule has 0 saturated heterocycles. The van der Waals surface area contributed by atoms with E-state index in [-0.39, 0.29) is 29.2 Å². The number of hydrogen-bond donors (Lipinski definition) is 5. The lowest BCUT2D eigenvalue weighted by molar-refractivity contribution is -0.117. The number of rotatable bonds is 17. The van der Waals surface area contributed by atoms with Crippen LogP contribution in [0.1, 0.15) is 84.5 Å². The standard InChI is InChI=1S/C18H16ClNO3.C17H17NO3.2C16H17NO/c1-12-11-15(8-9-16(12)18(22)23-2)20-17(21)10-5-13-3-6-14(19)7-4-13;1-12-11-14(8-9-15(12)17(20)21)18-16(19)10-7-13-5-3-2-4-6-13;2*1-13-7-10-15(11-8-13)17-16(18)12-9-14-5-3-2-4-6-14/h3-11H,1-2H3,(H,20,21);2-6,8-9,11H,7,10H2,1H3,(H,18,19)(H,20,21);2*2-8,10-11H,9,12H2,1H3,(H,17,18)/b10-5+;;;. The summed E-state index contributed by atoms with van der Waals surface area (Å²) in [6, 6.07) is 62.5. The average molecular weight is 1090 g/mol. The fraction of sp³-hybridized carbons (Fsp3) is 0.164. The van der Waals surface area contributed by atoms with Crippen LogP contribution in [0.4, 0.5) is 22.7 Å². The third-order valence-corrected chi connectivity index (χ3v) is 12.3. The summed E-state index contributed by atoms with van der Waals surface area (Å²) in [5.41, 5.74) is 11.8. The van der Waals surface area contributed by atoms with E-state index in [0.717, 1.165) is 40.9 Å². The summed E-state index contributed by atoms with van der Waals surface area (Å²) in [7, 11) is 1.33. The second-order valence-corrected chi connectivity index (χ2v) is 19.0. The lowest BCUT2D eigenvalue weighted by Crippen LogP contribution is -2.13. The SMILES string of the molecule is COC(=O)c1ccc(NC(=O)/C=C/c2ccc(Cl)cc2)cc1C.Cc1cc(NC(=O)CCc2ccccc2)ccc1C(=O)O.Cc1ccc(NC(=O)CCc2ccccc2)cc1.Cc1ccc(NC(=O)CCc2ccccc2)cc1. The third-order valence-electron chi connectivity index (χ3n) is 12.1. The van der Waals surface area contributed by atoms with Gasteiger partial charge in [-0.25, -0.2) is 9.59 Å². The summed E-state index contributed by atoms with van der Waals surface area (Å²) in [5.74, 6) is -1.59. The minimum Gasteiger partial charge on any atom is -0.478 e. The zero-order chi connectivity index (χ0) is 57.7. The van der Waals surface area contributed by atoms with Gasteiger partial charge in [-0.1, -0.05) is 150 Å². The van der Waals surface area contributed by atoms with E-state index >= 15 is 0 Å². The highest BCUT2D eigenvalue weighted by Gasteiger charge is 2.12. The molecule has 0 radical (unpaired) electrons. The van der Waals surface area contributed by atoms with Crippen molar-refractivity contribution in [3.63, 3.8) is 0 Å². The molecular formula is C67H67ClN4O8. The number of nitrogens with one attached hydrogen (secondary N) is 4. The van der Waals surface area contributed by atoms with Gasteiger partial charge < -0.3 is 31.1 Å². The molecule has 80 heavy (non-hydrogen) atoms. The van der Waals surface area contributed by atoms with Gasteiger partial charge in [-0.15, -0.1) is 0 Å². The molecule has 0 bridgehead atoms. The summed E-state index contributed by atoms with van der Waals surface area (Å²) in [5, 5.41) is 20.9. The molecule has 410 valence electrons. The molecule has 0 aliphatic carbocycles. The van der Waals surface area contributed by atoms with Crippen LogP contribution in [-0.2, 0) is 43.2 Å². The van der Waals surface area contributed by atoms with Gasteiger partial charge in [0.1, 0.15) is 0 Å². The molecule has 8 aromatic carbocycles. The minimum atomic E-state index is -0.963. The summed E-state index contributed by atoms with van der Waals surface area (Å²) in [6.07, 6.45) is 6.78. The number of ether oxygens (including phenoxy) is 1. The largest absolute Gasteiger partial charge is 0.478 e. The van der Waals surface area contributed by atoms with Gasteiger partial charge in [0, 0.05) is 53.1 Å². The van der Waals surface area contributed by atoms with E-state index in [2.05, 4.69) is 26.0 Å². The number of anilines is 4. The Kier molecular flexibility index (Phi) is 25.4. The molecule has 5 N–H and O–H groups in total. The molecule has 0 unspecified atom stereocenters. The molecule has 0 saturated carbocycles. The van der Waals surface area contributed by atoms with Gasteiger partial charge >= 0.3 is 11.9 Å². The van der Waals surface area contributed by atoms with Crippen molar-refractivity contribution in [1.82, 2.24) is 0 Å². The van der Waals surface area contributed by atoms with Crippen LogP contribution in [0.2, 0.25) is 5.02 Å². The molecule has 0 aliphatic rings. The monoisotopic (exact) mass is 1090 g/mol. The molecule has 8 rings (SSSR count). The Hall–Kier alpha value is -9.39. The van der Waals surface area contributed by atoms with Crippen molar-refractivity contribution in [2.24, 2.45) is 0 Å². The van der Waals surface area contributed by atoms with E-state index in [1.54, 1.807) is 62.4 Å². The number of hydrogen-bond acceptors (Lipinski definition) is 7. The number of esters is 1. The first-order valence-electron chi connectivity index (χ1n) is 26.0. The maximum absolute atomic E-state index is 11.9. The highest BCUT2D eigenvalue weighted by molar-refractivity contribution is 6.30.